The van der Waals surface area contributed by atoms with Crippen LogP contribution < -0.4 is 0 Å². The fraction of sp³-hybridized carbons (Fsp3) is 1.00. The Labute approximate surface area is 101 Å². The summed E-state index contributed by atoms with van der Waals surface area (Å²) >= 11 is 0. The molecule has 1 atom stereocenters. The van der Waals surface area contributed by atoms with Crippen molar-refractivity contribution in [3.63, 3.8) is 0 Å². The van der Waals surface area contributed by atoms with Gasteiger partial charge in [-0.25, -0.2) is 0 Å². The minimum atomic E-state index is 0.614. The lowest BCUT2D eigenvalue weighted by atomic mass is 9.75. The molecule has 0 radical (unpaired) electrons. The summed E-state index contributed by atoms with van der Waals surface area (Å²) in [6, 6.07) is 0.748. The Kier molecular flexibility index (Phi) is 3.91. The van der Waals surface area contributed by atoms with Gasteiger partial charge in [-0.1, -0.05) is 26.2 Å². The van der Waals surface area contributed by atoms with Gasteiger partial charge in [0, 0.05) is 32.2 Å². The average molecular weight is 224 g/mol. The van der Waals surface area contributed by atoms with Crippen molar-refractivity contribution in [2.75, 3.05) is 33.2 Å². The van der Waals surface area contributed by atoms with Crippen LogP contribution in [-0.2, 0) is 0 Å². The Morgan fingerprint density at radius 2 is 1.81 bits per heavy atom. The second kappa shape index (κ2) is 5.05. The maximum absolute atomic E-state index is 2.73. The number of piperazine rings is 1. The Balaban J connectivity index is 1.88. The monoisotopic (exact) mass is 224 g/mol. The van der Waals surface area contributed by atoms with Gasteiger partial charge < -0.3 is 4.90 Å². The zero-order valence-corrected chi connectivity index (χ0v) is 11.3. The van der Waals surface area contributed by atoms with Gasteiger partial charge in [-0.3, -0.25) is 4.90 Å². The molecule has 0 aromatic heterocycles. The van der Waals surface area contributed by atoms with Crippen LogP contribution in [0.4, 0.5) is 0 Å². The highest BCUT2D eigenvalue weighted by atomic mass is 15.3. The van der Waals surface area contributed by atoms with Gasteiger partial charge in [0.2, 0.25) is 0 Å². The van der Waals surface area contributed by atoms with E-state index in [-0.39, 0.29) is 0 Å². The van der Waals surface area contributed by atoms with Gasteiger partial charge >= 0.3 is 0 Å². The van der Waals surface area contributed by atoms with Crippen LogP contribution in [0.2, 0.25) is 0 Å². The van der Waals surface area contributed by atoms with Crippen molar-refractivity contribution in [1.82, 2.24) is 9.80 Å². The number of nitrogens with zero attached hydrogens (tertiary/aromatic N) is 2. The van der Waals surface area contributed by atoms with E-state index in [9.17, 15) is 0 Å². The topological polar surface area (TPSA) is 6.48 Å². The third-order valence-electron chi connectivity index (χ3n) is 4.61. The van der Waals surface area contributed by atoms with Crippen LogP contribution in [0.25, 0.3) is 0 Å². The van der Waals surface area contributed by atoms with Crippen LogP contribution in [0.3, 0.4) is 0 Å². The molecule has 0 N–H and O–H groups in total. The fourth-order valence-corrected chi connectivity index (χ4v) is 3.47. The molecule has 0 spiro atoms. The number of rotatable bonds is 2. The maximum Gasteiger partial charge on any atom is 0.0195 e. The van der Waals surface area contributed by atoms with E-state index < -0.39 is 0 Å². The van der Waals surface area contributed by atoms with Crippen LogP contribution in [0.15, 0.2) is 0 Å². The first-order valence-electron chi connectivity index (χ1n) is 7.02. The summed E-state index contributed by atoms with van der Waals surface area (Å²) in [6.07, 6.45) is 7.28. The highest BCUT2D eigenvalue weighted by molar-refractivity contribution is 4.86. The SMILES string of the molecule is CC1CN(C)CCN1CC1(C)CCCCC1. The van der Waals surface area contributed by atoms with Crippen LogP contribution in [0.1, 0.15) is 46.0 Å². The standard InChI is InChI=1S/C14H28N2/c1-13-11-15(3)9-10-16(13)12-14(2)7-5-4-6-8-14/h13H,4-12H2,1-3H3. The second-order valence-electron chi connectivity index (χ2n) is 6.45. The molecule has 2 aliphatic rings. The lowest BCUT2D eigenvalue weighted by molar-refractivity contribution is 0.0450. The van der Waals surface area contributed by atoms with E-state index in [1.54, 1.807) is 0 Å². The molecule has 2 fully saturated rings. The molecule has 2 heteroatoms. The van der Waals surface area contributed by atoms with E-state index in [4.69, 9.17) is 0 Å². The van der Waals surface area contributed by atoms with E-state index in [0.29, 0.717) is 5.41 Å². The number of likely N-dealkylation sites (N-methyl/N-ethyl adjacent to an activating group) is 1. The molecule has 1 unspecified atom stereocenters. The predicted octanol–water partition coefficient (Wildman–Crippen LogP) is 2.59. The minimum absolute atomic E-state index is 0.614. The highest BCUT2D eigenvalue weighted by Gasteiger charge is 2.32. The Hall–Kier alpha value is -0.0800. The molecule has 1 aliphatic carbocycles. The average Bonchev–Trinajstić information content (AvgIpc) is 2.23. The van der Waals surface area contributed by atoms with Gasteiger partial charge in [-0.05, 0) is 32.2 Å². The van der Waals surface area contributed by atoms with Gasteiger partial charge in [-0.2, -0.15) is 0 Å². The molecule has 0 aromatic rings. The Bertz CT molecular complexity index is 221. The number of hydrogen-bond acceptors (Lipinski definition) is 2. The van der Waals surface area contributed by atoms with Crippen molar-refractivity contribution in [1.29, 1.82) is 0 Å². The van der Waals surface area contributed by atoms with Crippen molar-refractivity contribution in [3.8, 4) is 0 Å². The second-order valence-corrected chi connectivity index (χ2v) is 6.45. The predicted molar refractivity (Wildman–Crippen MR) is 69.7 cm³/mol. The number of hydrogen-bond donors (Lipinski definition) is 0. The Morgan fingerprint density at radius 3 is 2.44 bits per heavy atom. The summed E-state index contributed by atoms with van der Waals surface area (Å²) in [5, 5.41) is 0. The summed E-state index contributed by atoms with van der Waals surface area (Å²) in [6.45, 7) is 10.0. The molecule has 2 nitrogen and oxygen atoms in total. The van der Waals surface area contributed by atoms with Crippen molar-refractivity contribution in [3.05, 3.63) is 0 Å². The van der Waals surface area contributed by atoms with Gasteiger partial charge in [0.1, 0.15) is 0 Å². The zero-order valence-electron chi connectivity index (χ0n) is 11.3. The van der Waals surface area contributed by atoms with E-state index in [1.807, 2.05) is 0 Å². The smallest absolute Gasteiger partial charge is 0.0195 e. The molecule has 0 amide bonds. The van der Waals surface area contributed by atoms with E-state index in [2.05, 4.69) is 30.7 Å². The van der Waals surface area contributed by atoms with Crippen LogP contribution in [0.5, 0.6) is 0 Å². The molecule has 0 bridgehead atoms. The molecule has 16 heavy (non-hydrogen) atoms. The van der Waals surface area contributed by atoms with Crippen molar-refractivity contribution in [2.24, 2.45) is 5.41 Å². The van der Waals surface area contributed by atoms with Gasteiger partial charge in [0.05, 0.1) is 0 Å². The van der Waals surface area contributed by atoms with E-state index in [1.165, 1.54) is 58.3 Å². The summed E-state index contributed by atoms with van der Waals surface area (Å²) in [7, 11) is 2.25. The lowest BCUT2D eigenvalue weighted by Crippen LogP contribution is -2.53. The van der Waals surface area contributed by atoms with Gasteiger partial charge in [0.25, 0.3) is 0 Å². The van der Waals surface area contributed by atoms with Crippen molar-refractivity contribution >= 4 is 0 Å². The quantitative estimate of drug-likeness (QED) is 0.711. The van der Waals surface area contributed by atoms with Crippen LogP contribution in [-0.4, -0.2) is 49.1 Å². The van der Waals surface area contributed by atoms with Crippen molar-refractivity contribution in [2.45, 2.75) is 52.0 Å². The summed E-state index contributed by atoms with van der Waals surface area (Å²) in [5.74, 6) is 0. The van der Waals surface area contributed by atoms with E-state index >= 15 is 0 Å². The fourth-order valence-electron chi connectivity index (χ4n) is 3.47. The zero-order chi connectivity index (χ0) is 11.6. The van der Waals surface area contributed by atoms with Gasteiger partial charge in [0.15, 0.2) is 0 Å². The van der Waals surface area contributed by atoms with E-state index in [0.717, 1.165) is 6.04 Å². The first-order valence-corrected chi connectivity index (χ1v) is 7.02. The first-order chi connectivity index (χ1) is 7.59. The third-order valence-corrected chi connectivity index (χ3v) is 4.61. The van der Waals surface area contributed by atoms with Crippen LogP contribution in [0, 0.1) is 5.41 Å². The van der Waals surface area contributed by atoms with Crippen LogP contribution >= 0.6 is 0 Å². The molecule has 1 saturated heterocycles. The maximum atomic E-state index is 2.73. The summed E-state index contributed by atoms with van der Waals surface area (Å²) in [4.78, 5) is 5.19. The first kappa shape index (κ1) is 12.4. The lowest BCUT2D eigenvalue weighted by Gasteiger charge is -2.44. The molecular weight excluding hydrogens is 196 g/mol. The summed E-state index contributed by atoms with van der Waals surface area (Å²) in [5.41, 5.74) is 0.614. The largest absolute Gasteiger partial charge is 0.304 e. The molecule has 1 aliphatic heterocycles. The molecule has 1 heterocycles. The molecule has 1 saturated carbocycles. The minimum Gasteiger partial charge on any atom is -0.304 e. The molecule has 2 rings (SSSR count). The molecular formula is C14H28N2. The molecule has 0 aromatic carbocycles. The van der Waals surface area contributed by atoms with Crippen molar-refractivity contribution < 1.29 is 0 Å². The highest BCUT2D eigenvalue weighted by Crippen LogP contribution is 2.37. The Morgan fingerprint density at radius 1 is 1.12 bits per heavy atom. The summed E-state index contributed by atoms with van der Waals surface area (Å²) < 4.78 is 0. The normalized spacial score (nSPS) is 32.8. The molecule has 94 valence electrons. The third kappa shape index (κ3) is 2.98. The van der Waals surface area contributed by atoms with Gasteiger partial charge in [-0.15, -0.1) is 0 Å².